The Morgan fingerprint density at radius 2 is 1.76 bits per heavy atom. The first-order valence-electron chi connectivity index (χ1n) is 9.13. The molecule has 2 aromatic carbocycles. The molecule has 1 aliphatic rings. The van der Waals surface area contributed by atoms with Crippen molar-refractivity contribution in [1.82, 2.24) is 9.21 Å². The summed E-state index contributed by atoms with van der Waals surface area (Å²) in [5, 5.41) is 3.56. The molecule has 7 nitrogen and oxygen atoms in total. The lowest BCUT2D eigenvalue weighted by molar-refractivity contribution is 0.0998. The largest absolute Gasteiger partial charge is 0.450 e. The van der Waals surface area contributed by atoms with Crippen LogP contribution in [0.4, 0.5) is 5.69 Å². The van der Waals surface area contributed by atoms with Gasteiger partial charge in [0.05, 0.1) is 9.37 Å². The molecule has 0 spiro atoms. The van der Waals surface area contributed by atoms with Crippen LogP contribution in [0.5, 0.6) is 0 Å². The van der Waals surface area contributed by atoms with E-state index >= 15 is 0 Å². The van der Waals surface area contributed by atoms with Crippen molar-refractivity contribution in [3.8, 4) is 0 Å². The van der Waals surface area contributed by atoms with E-state index in [1.54, 1.807) is 18.2 Å². The minimum atomic E-state index is -3.53. The molecular formula is C20H20BrN3O4S. The van der Waals surface area contributed by atoms with E-state index in [9.17, 15) is 13.2 Å². The fraction of sp³-hybridized carbons (Fsp3) is 0.250. The van der Waals surface area contributed by atoms with E-state index in [-0.39, 0.29) is 10.7 Å². The van der Waals surface area contributed by atoms with Crippen molar-refractivity contribution in [3.63, 3.8) is 0 Å². The smallest absolute Gasteiger partial charge is 0.291 e. The minimum Gasteiger partial charge on any atom is -0.450 e. The van der Waals surface area contributed by atoms with Gasteiger partial charge in [-0.25, -0.2) is 8.42 Å². The highest BCUT2D eigenvalue weighted by molar-refractivity contribution is 9.10. The molecule has 0 aliphatic carbocycles. The number of carbonyl (C=O) groups is 1. The number of likely N-dealkylation sites (N-methyl/N-ethyl adjacent to an activating group) is 1. The highest BCUT2D eigenvalue weighted by atomic mass is 79.9. The van der Waals surface area contributed by atoms with Gasteiger partial charge >= 0.3 is 0 Å². The van der Waals surface area contributed by atoms with Crippen LogP contribution in [-0.4, -0.2) is 56.8 Å². The molecule has 0 unspecified atom stereocenters. The van der Waals surface area contributed by atoms with Gasteiger partial charge in [0.25, 0.3) is 5.91 Å². The quantitative estimate of drug-likeness (QED) is 0.622. The number of amides is 1. The number of anilines is 1. The second-order valence-corrected chi connectivity index (χ2v) is 9.75. The van der Waals surface area contributed by atoms with E-state index in [4.69, 9.17) is 4.42 Å². The Hall–Kier alpha value is -2.20. The first-order chi connectivity index (χ1) is 13.8. The summed E-state index contributed by atoms with van der Waals surface area (Å²) in [6, 6.07) is 13.4. The van der Waals surface area contributed by atoms with Gasteiger partial charge in [-0.05, 0) is 59.4 Å². The number of halogens is 1. The normalized spacial score (nSPS) is 16.2. The van der Waals surface area contributed by atoms with Gasteiger partial charge in [0.1, 0.15) is 5.58 Å². The second-order valence-electron chi connectivity index (χ2n) is 6.95. The van der Waals surface area contributed by atoms with E-state index in [1.165, 1.54) is 16.4 Å². The summed E-state index contributed by atoms with van der Waals surface area (Å²) >= 11 is 3.40. The number of rotatable bonds is 4. The van der Waals surface area contributed by atoms with E-state index < -0.39 is 15.9 Å². The predicted octanol–water partition coefficient (Wildman–Crippen LogP) is 3.38. The number of nitrogens with zero attached hydrogens (tertiary/aromatic N) is 2. The lowest BCUT2D eigenvalue weighted by Gasteiger charge is -2.31. The molecule has 3 aromatic rings. The summed E-state index contributed by atoms with van der Waals surface area (Å²) < 4.78 is 33.5. The number of fused-ring (bicyclic) bond motifs is 1. The number of hydrogen-bond acceptors (Lipinski definition) is 5. The first-order valence-corrected chi connectivity index (χ1v) is 11.4. The van der Waals surface area contributed by atoms with Gasteiger partial charge in [0, 0.05) is 37.3 Å². The van der Waals surface area contributed by atoms with Crippen molar-refractivity contribution in [2.75, 3.05) is 38.5 Å². The van der Waals surface area contributed by atoms with Crippen LogP contribution in [0.25, 0.3) is 11.0 Å². The molecule has 0 saturated carbocycles. The predicted molar refractivity (Wildman–Crippen MR) is 115 cm³/mol. The molecule has 1 saturated heterocycles. The topological polar surface area (TPSA) is 82.9 Å². The SMILES string of the molecule is CN1CCN(S(=O)(=O)c2ccc(NC(=O)c3cc4cccc(Br)c4o3)cc2)CC1. The second kappa shape index (κ2) is 7.91. The van der Waals surface area contributed by atoms with Crippen LogP contribution in [0, 0.1) is 0 Å². The summed E-state index contributed by atoms with van der Waals surface area (Å²) in [5.41, 5.74) is 1.10. The van der Waals surface area contributed by atoms with Gasteiger partial charge in [-0.15, -0.1) is 0 Å². The summed E-state index contributed by atoms with van der Waals surface area (Å²) in [7, 11) is -1.56. The number of piperazine rings is 1. The van der Waals surface area contributed by atoms with Crippen molar-refractivity contribution < 1.29 is 17.6 Å². The third-order valence-corrected chi connectivity index (χ3v) is 7.47. The van der Waals surface area contributed by atoms with Crippen molar-refractivity contribution in [1.29, 1.82) is 0 Å². The van der Waals surface area contributed by atoms with E-state index in [1.807, 2.05) is 25.2 Å². The van der Waals surface area contributed by atoms with Gasteiger partial charge in [-0.2, -0.15) is 4.31 Å². The molecule has 1 fully saturated rings. The lowest BCUT2D eigenvalue weighted by Crippen LogP contribution is -2.46. The average molecular weight is 478 g/mol. The van der Waals surface area contributed by atoms with Crippen LogP contribution in [0.3, 0.4) is 0 Å². The number of hydrogen-bond donors (Lipinski definition) is 1. The maximum Gasteiger partial charge on any atom is 0.291 e. The van der Waals surface area contributed by atoms with Gasteiger partial charge in [0.15, 0.2) is 5.76 Å². The molecule has 1 amide bonds. The highest BCUT2D eigenvalue weighted by Crippen LogP contribution is 2.27. The molecule has 29 heavy (non-hydrogen) atoms. The number of nitrogens with one attached hydrogen (secondary N) is 1. The van der Waals surface area contributed by atoms with Crippen molar-refractivity contribution >= 4 is 48.5 Å². The maximum absolute atomic E-state index is 12.8. The molecule has 4 rings (SSSR count). The van der Waals surface area contributed by atoms with Crippen LogP contribution in [-0.2, 0) is 10.0 Å². The average Bonchev–Trinajstić information content (AvgIpc) is 3.15. The number of furan rings is 1. The standard InChI is InChI=1S/C20H20BrN3O4S/c1-23-9-11-24(12-10-23)29(26,27)16-7-5-15(6-8-16)22-20(25)18-13-14-3-2-4-17(21)19(14)28-18/h2-8,13H,9-12H2,1H3,(H,22,25). The molecule has 0 atom stereocenters. The Labute approximate surface area is 177 Å². The van der Waals surface area contributed by atoms with Crippen LogP contribution in [0.2, 0.25) is 0 Å². The van der Waals surface area contributed by atoms with E-state index in [2.05, 4.69) is 26.1 Å². The Kier molecular flexibility index (Phi) is 5.48. The summed E-state index contributed by atoms with van der Waals surface area (Å²) in [4.78, 5) is 14.8. The molecule has 0 bridgehead atoms. The Morgan fingerprint density at radius 1 is 1.07 bits per heavy atom. The number of carbonyl (C=O) groups excluding carboxylic acids is 1. The van der Waals surface area contributed by atoms with Crippen LogP contribution in [0.1, 0.15) is 10.6 Å². The molecule has 2 heterocycles. The lowest BCUT2D eigenvalue weighted by atomic mass is 10.2. The van der Waals surface area contributed by atoms with Crippen molar-refractivity contribution in [3.05, 3.63) is 58.8 Å². The summed E-state index contributed by atoms with van der Waals surface area (Å²) in [5.74, 6) is -0.219. The Morgan fingerprint density at radius 3 is 2.41 bits per heavy atom. The van der Waals surface area contributed by atoms with Gasteiger partial charge in [0.2, 0.25) is 10.0 Å². The third kappa shape index (κ3) is 4.09. The zero-order valence-corrected chi connectivity index (χ0v) is 18.2. The van der Waals surface area contributed by atoms with Crippen LogP contribution >= 0.6 is 15.9 Å². The van der Waals surface area contributed by atoms with Crippen molar-refractivity contribution in [2.45, 2.75) is 4.90 Å². The maximum atomic E-state index is 12.8. The zero-order valence-electron chi connectivity index (χ0n) is 15.8. The summed E-state index contributed by atoms with van der Waals surface area (Å²) in [6.45, 7) is 2.36. The summed E-state index contributed by atoms with van der Waals surface area (Å²) in [6.07, 6.45) is 0. The van der Waals surface area contributed by atoms with Gasteiger partial charge in [-0.1, -0.05) is 12.1 Å². The zero-order chi connectivity index (χ0) is 20.6. The first kappa shape index (κ1) is 20.1. The molecule has 1 aromatic heterocycles. The molecule has 1 aliphatic heterocycles. The number of benzene rings is 2. The monoisotopic (exact) mass is 477 g/mol. The Bertz CT molecular complexity index is 1150. The molecule has 0 radical (unpaired) electrons. The van der Waals surface area contributed by atoms with Gasteiger partial charge < -0.3 is 14.6 Å². The van der Waals surface area contributed by atoms with Crippen LogP contribution in [0.15, 0.2) is 62.3 Å². The van der Waals surface area contributed by atoms with E-state index in [0.29, 0.717) is 37.4 Å². The number of sulfonamides is 1. The van der Waals surface area contributed by atoms with Gasteiger partial charge in [-0.3, -0.25) is 4.79 Å². The van der Waals surface area contributed by atoms with Crippen LogP contribution < -0.4 is 5.32 Å². The third-order valence-electron chi connectivity index (χ3n) is 4.93. The fourth-order valence-electron chi connectivity index (χ4n) is 3.22. The van der Waals surface area contributed by atoms with Crippen molar-refractivity contribution in [2.24, 2.45) is 0 Å². The minimum absolute atomic E-state index is 0.182. The molecule has 1 N–H and O–H groups in total. The molecule has 9 heteroatoms. The molecular weight excluding hydrogens is 458 g/mol. The van der Waals surface area contributed by atoms with E-state index in [0.717, 1.165) is 9.86 Å². The Balaban J connectivity index is 1.49. The molecule has 152 valence electrons. The highest BCUT2D eigenvalue weighted by Gasteiger charge is 2.27. The fourth-order valence-corrected chi connectivity index (χ4v) is 5.10. The number of para-hydroxylation sites is 1.